The van der Waals surface area contributed by atoms with Gasteiger partial charge in [0.1, 0.15) is 5.41 Å². The van der Waals surface area contributed by atoms with E-state index in [0.29, 0.717) is 25.9 Å². The molecule has 1 aliphatic carbocycles. The number of para-hydroxylation sites is 1. The molecule has 0 radical (unpaired) electrons. The van der Waals surface area contributed by atoms with E-state index < -0.39 is 5.41 Å². The molecule has 1 fully saturated rings. The lowest BCUT2D eigenvalue weighted by Crippen LogP contribution is -2.44. The van der Waals surface area contributed by atoms with Gasteiger partial charge in [-0.15, -0.1) is 0 Å². The molecule has 4 rings (SSSR count). The number of anilines is 1. The second-order valence-corrected chi connectivity index (χ2v) is 6.42. The van der Waals surface area contributed by atoms with Crippen LogP contribution in [-0.4, -0.2) is 23.3 Å². The number of fused-ring (bicyclic) bond motifs is 1. The zero-order valence-corrected chi connectivity index (χ0v) is 13.4. The second-order valence-electron chi connectivity index (χ2n) is 6.42. The van der Waals surface area contributed by atoms with Crippen LogP contribution in [0.1, 0.15) is 24.1 Å². The number of nitrogens with zero attached hydrogens (tertiary/aromatic N) is 2. The van der Waals surface area contributed by atoms with Crippen molar-refractivity contribution in [2.75, 3.05) is 11.4 Å². The fourth-order valence-electron chi connectivity index (χ4n) is 3.31. The first kappa shape index (κ1) is 14.9. The average Bonchev–Trinajstić information content (AvgIpc) is 3.33. The largest absolute Gasteiger partial charge is 0.350 e. The number of amides is 2. The fraction of sp³-hybridized carbons (Fsp3) is 0.316. The Balaban J connectivity index is 1.47. The number of aromatic nitrogens is 1. The maximum atomic E-state index is 13.0. The maximum Gasteiger partial charge on any atom is 0.242 e. The normalized spacial score (nSPS) is 17.2. The number of nitrogens with one attached hydrogen (secondary N) is 1. The predicted octanol–water partition coefficient (Wildman–Crippen LogP) is 2.07. The molecule has 2 aromatic rings. The van der Waals surface area contributed by atoms with Crippen molar-refractivity contribution in [3.63, 3.8) is 0 Å². The Morgan fingerprint density at radius 3 is 2.67 bits per heavy atom. The molecule has 1 saturated carbocycles. The summed E-state index contributed by atoms with van der Waals surface area (Å²) in [6.07, 6.45) is 3.80. The van der Waals surface area contributed by atoms with Crippen LogP contribution in [0.5, 0.6) is 0 Å². The summed E-state index contributed by atoms with van der Waals surface area (Å²) in [5.41, 5.74) is 2.04. The van der Waals surface area contributed by atoms with Crippen LogP contribution in [0.2, 0.25) is 0 Å². The highest BCUT2D eigenvalue weighted by Crippen LogP contribution is 2.49. The Morgan fingerprint density at radius 2 is 1.92 bits per heavy atom. The molecule has 1 N–H and O–H groups in total. The van der Waals surface area contributed by atoms with E-state index in [1.165, 1.54) is 5.56 Å². The van der Waals surface area contributed by atoms with E-state index in [1.54, 1.807) is 11.1 Å². The minimum absolute atomic E-state index is 0.0639. The minimum Gasteiger partial charge on any atom is -0.350 e. The molecule has 2 amide bonds. The van der Waals surface area contributed by atoms with Crippen molar-refractivity contribution < 1.29 is 9.59 Å². The summed E-state index contributed by atoms with van der Waals surface area (Å²) in [4.78, 5) is 31.6. The van der Waals surface area contributed by atoms with Gasteiger partial charge in [-0.3, -0.25) is 14.6 Å². The van der Waals surface area contributed by atoms with Crippen LogP contribution in [-0.2, 0) is 22.6 Å². The van der Waals surface area contributed by atoms with Crippen LogP contribution >= 0.6 is 0 Å². The first-order valence-corrected chi connectivity index (χ1v) is 8.29. The van der Waals surface area contributed by atoms with Gasteiger partial charge in [0.25, 0.3) is 0 Å². The highest BCUT2D eigenvalue weighted by atomic mass is 16.2. The topological polar surface area (TPSA) is 62.3 Å². The molecule has 0 atom stereocenters. The lowest BCUT2D eigenvalue weighted by atomic mass is 10.0. The third-order valence-electron chi connectivity index (χ3n) is 4.88. The lowest BCUT2D eigenvalue weighted by molar-refractivity contribution is -0.135. The van der Waals surface area contributed by atoms with Crippen molar-refractivity contribution in [2.24, 2.45) is 5.41 Å². The van der Waals surface area contributed by atoms with E-state index in [0.717, 1.165) is 17.8 Å². The Kier molecular flexibility index (Phi) is 3.56. The molecule has 122 valence electrons. The van der Waals surface area contributed by atoms with Gasteiger partial charge in [-0.1, -0.05) is 24.3 Å². The van der Waals surface area contributed by atoms with Crippen LogP contribution < -0.4 is 10.2 Å². The Morgan fingerprint density at radius 1 is 1.12 bits per heavy atom. The van der Waals surface area contributed by atoms with Crippen LogP contribution in [0.15, 0.2) is 48.7 Å². The van der Waals surface area contributed by atoms with E-state index in [1.807, 2.05) is 42.5 Å². The van der Waals surface area contributed by atoms with Crippen LogP contribution in [0, 0.1) is 5.41 Å². The van der Waals surface area contributed by atoms with E-state index in [-0.39, 0.29) is 11.8 Å². The van der Waals surface area contributed by atoms with Crippen LogP contribution in [0.3, 0.4) is 0 Å². The van der Waals surface area contributed by atoms with Crippen molar-refractivity contribution in [3.05, 3.63) is 59.9 Å². The molecule has 1 aliphatic heterocycles. The molecule has 2 aliphatic rings. The molecule has 0 bridgehead atoms. The van der Waals surface area contributed by atoms with Crippen molar-refractivity contribution in [1.29, 1.82) is 0 Å². The van der Waals surface area contributed by atoms with Gasteiger partial charge >= 0.3 is 0 Å². The fourth-order valence-corrected chi connectivity index (χ4v) is 3.31. The van der Waals surface area contributed by atoms with Crippen LogP contribution in [0.25, 0.3) is 0 Å². The van der Waals surface area contributed by atoms with Gasteiger partial charge in [-0.05, 0) is 43.0 Å². The van der Waals surface area contributed by atoms with Gasteiger partial charge in [0, 0.05) is 18.4 Å². The van der Waals surface area contributed by atoms with Crippen molar-refractivity contribution in [2.45, 2.75) is 25.8 Å². The predicted molar refractivity (Wildman–Crippen MR) is 90.2 cm³/mol. The first-order valence-electron chi connectivity index (χ1n) is 8.29. The van der Waals surface area contributed by atoms with Crippen molar-refractivity contribution in [3.8, 4) is 0 Å². The van der Waals surface area contributed by atoms with Crippen molar-refractivity contribution in [1.82, 2.24) is 10.3 Å². The average molecular weight is 321 g/mol. The van der Waals surface area contributed by atoms with Gasteiger partial charge in [0.2, 0.25) is 11.8 Å². The minimum atomic E-state index is -0.883. The number of hydrogen-bond acceptors (Lipinski definition) is 3. The number of benzene rings is 1. The number of hydrogen-bond donors (Lipinski definition) is 1. The molecule has 5 nitrogen and oxygen atoms in total. The Hall–Kier alpha value is -2.69. The van der Waals surface area contributed by atoms with E-state index >= 15 is 0 Å². The zero-order valence-electron chi connectivity index (χ0n) is 13.4. The summed E-state index contributed by atoms with van der Waals surface area (Å²) in [6.45, 7) is 1.01. The molecule has 1 aromatic carbocycles. The van der Waals surface area contributed by atoms with Gasteiger partial charge in [0.05, 0.1) is 12.2 Å². The highest BCUT2D eigenvalue weighted by Gasteiger charge is 2.58. The molecule has 2 heterocycles. The van der Waals surface area contributed by atoms with Gasteiger partial charge in [-0.2, -0.15) is 0 Å². The SMILES string of the molecule is O=C(NCc1ccccn1)C1(C(=O)N2CCc3ccccc32)CC1. The van der Waals surface area contributed by atoms with E-state index in [2.05, 4.69) is 10.3 Å². The van der Waals surface area contributed by atoms with Crippen molar-refractivity contribution >= 4 is 17.5 Å². The number of carbonyl (C=O) groups is 2. The summed E-state index contributed by atoms with van der Waals surface area (Å²) in [5.74, 6) is -0.242. The van der Waals surface area contributed by atoms with Crippen LogP contribution in [0.4, 0.5) is 5.69 Å². The van der Waals surface area contributed by atoms with E-state index in [9.17, 15) is 9.59 Å². The zero-order chi connectivity index (χ0) is 16.6. The summed E-state index contributed by atoms with van der Waals surface area (Å²) in [5, 5.41) is 2.88. The maximum absolute atomic E-state index is 13.0. The third kappa shape index (κ3) is 2.46. The quantitative estimate of drug-likeness (QED) is 0.877. The highest BCUT2D eigenvalue weighted by molar-refractivity contribution is 6.14. The first-order chi connectivity index (χ1) is 11.7. The molecular formula is C19H19N3O2. The summed E-state index contributed by atoms with van der Waals surface area (Å²) in [6, 6.07) is 13.5. The smallest absolute Gasteiger partial charge is 0.242 e. The van der Waals surface area contributed by atoms with Gasteiger partial charge in [-0.25, -0.2) is 0 Å². The van der Waals surface area contributed by atoms with Gasteiger partial charge in [0.15, 0.2) is 0 Å². The monoisotopic (exact) mass is 321 g/mol. The Labute approximate surface area is 140 Å². The summed E-state index contributed by atoms with van der Waals surface area (Å²) in [7, 11) is 0. The molecular weight excluding hydrogens is 302 g/mol. The molecule has 1 aromatic heterocycles. The lowest BCUT2D eigenvalue weighted by Gasteiger charge is -2.23. The molecule has 0 saturated heterocycles. The molecule has 24 heavy (non-hydrogen) atoms. The number of rotatable bonds is 4. The Bertz CT molecular complexity index is 784. The molecule has 0 unspecified atom stereocenters. The second kappa shape index (κ2) is 5.74. The number of carbonyl (C=O) groups excluding carboxylic acids is 2. The summed E-state index contributed by atoms with van der Waals surface area (Å²) < 4.78 is 0. The standard InChI is InChI=1S/C19H19N3O2/c23-17(21-13-15-6-3-4-11-20-15)19(9-10-19)18(24)22-12-8-14-5-1-2-7-16(14)22/h1-7,11H,8-10,12-13H2,(H,21,23). The van der Waals surface area contributed by atoms with E-state index in [4.69, 9.17) is 0 Å². The molecule has 0 spiro atoms. The van der Waals surface area contributed by atoms with Gasteiger partial charge < -0.3 is 10.2 Å². The third-order valence-corrected chi connectivity index (χ3v) is 4.88. The molecule has 5 heteroatoms. The summed E-state index contributed by atoms with van der Waals surface area (Å²) >= 11 is 0. The number of pyridine rings is 1.